The number of benzene rings is 4. The number of unbranched alkanes of at least 4 members (excludes halogenated alkanes) is 3. The maximum Gasteiger partial charge on any atom is 0.344 e. The van der Waals surface area contributed by atoms with E-state index in [0.29, 0.717) is 59.7 Å². The van der Waals surface area contributed by atoms with Crippen molar-refractivity contribution < 1.29 is 29.2 Å². The van der Waals surface area contributed by atoms with E-state index < -0.39 is 12.1 Å². The van der Waals surface area contributed by atoms with Crippen LogP contribution in [-0.4, -0.2) is 49.1 Å². The Labute approximate surface area is 293 Å². The van der Waals surface area contributed by atoms with Crippen molar-refractivity contribution in [2.75, 3.05) is 32.9 Å². The molecule has 0 spiro atoms. The summed E-state index contributed by atoms with van der Waals surface area (Å²) >= 11 is 12.3. The minimum atomic E-state index is -0.775. The van der Waals surface area contributed by atoms with Crippen LogP contribution in [0.1, 0.15) is 59.6 Å². The molecule has 0 aliphatic rings. The van der Waals surface area contributed by atoms with E-state index in [4.69, 9.17) is 37.4 Å². The Balaban J connectivity index is 1.13. The number of halogens is 2. The highest BCUT2D eigenvalue weighted by Gasteiger charge is 2.18. The van der Waals surface area contributed by atoms with Crippen molar-refractivity contribution in [2.45, 2.75) is 45.0 Å². The molecule has 0 aliphatic heterocycles. The van der Waals surface area contributed by atoms with Gasteiger partial charge >= 0.3 is 5.97 Å². The third-order valence-corrected chi connectivity index (χ3v) is 8.38. The third-order valence-electron chi connectivity index (χ3n) is 7.67. The molecule has 0 aromatic heterocycles. The maximum atomic E-state index is 13.4. The first-order valence-electron chi connectivity index (χ1n) is 16.2. The highest BCUT2D eigenvalue weighted by molar-refractivity contribution is 6.35. The molecule has 4 aromatic carbocycles. The molecule has 0 radical (unpaired) electrons. The Kier molecular flexibility index (Phi) is 16.1. The number of aliphatic hydroxyl groups excluding tert-OH is 2. The number of aliphatic hydroxyl groups is 2. The van der Waals surface area contributed by atoms with Gasteiger partial charge in [-0.05, 0) is 66.4 Å². The lowest BCUT2D eigenvalue weighted by Gasteiger charge is -2.16. The zero-order valence-corrected chi connectivity index (χ0v) is 28.5. The molecular weight excluding hydrogens is 649 g/mol. The maximum absolute atomic E-state index is 13.4. The summed E-state index contributed by atoms with van der Waals surface area (Å²) in [5, 5.41) is 25.3. The van der Waals surface area contributed by atoms with Crippen LogP contribution in [0, 0.1) is 0 Å². The number of carbonyl (C=O) groups is 1. The van der Waals surface area contributed by atoms with Crippen LogP contribution >= 0.6 is 23.2 Å². The van der Waals surface area contributed by atoms with Crippen molar-refractivity contribution >= 4 is 40.8 Å². The van der Waals surface area contributed by atoms with E-state index in [2.05, 4.69) is 5.32 Å². The zero-order chi connectivity index (χ0) is 34.0. The molecular formula is C39H43Cl2NO6. The van der Waals surface area contributed by atoms with Crippen molar-refractivity contribution in [2.24, 2.45) is 0 Å². The lowest BCUT2D eigenvalue weighted by atomic mass is 10.0. The van der Waals surface area contributed by atoms with Crippen LogP contribution in [0.5, 0.6) is 5.75 Å². The molecule has 0 aliphatic carbocycles. The van der Waals surface area contributed by atoms with Gasteiger partial charge in [-0.15, -0.1) is 0 Å². The molecule has 4 rings (SSSR count). The number of hydrogen-bond acceptors (Lipinski definition) is 7. The zero-order valence-electron chi connectivity index (χ0n) is 27.0. The Hall–Kier alpha value is -3.53. The first kappa shape index (κ1) is 37.3. The van der Waals surface area contributed by atoms with Gasteiger partial charge in [-0.2, -0.15) is 0 Å². The number of carbonyl (C=O) groups excluding carboxylic acids is 1. The van der Waals surface area contributed by atoms with Crippen LogP contribution in [0.25, 0.3) is 11.6 Å². The molecule has 48 heavy (non-hydrogen) atoms. The van der Waals surface area contributed by atoms with Crippen LogP contribution in [-0.2, 0) is 27.5 Å². The average molecular weight is 693 g/mol. The quantitative estimate of drug-likeness (QED) is 0.0284. The first-order valence-corrected chi connectivity index (χ1v) is 17.0. The van der Waals surface area contributed by atoms with Crippen molar-refractivity contribution in [3.63, 3.8) is 0 Å². The third kappa shape index (κ3) is 12.2. The van der Waals surface area contributed by atoms with E-state index in [1.54, 1.807) is 36.4 Å². The number of nitrogens with one attached hydrogen (secondary N) is 1. The average Bonchev–Trinajstić information content (AvgIpc) is 3.11. The van der Waals surface area contributed by atoms with Gasteiger partial charge in [0.05, 0.1) is 38.1 Å². The van der Waals surface area contributed by atoms with Gasteiger partial charge in [-0.3, -0.25) is 0 Å². The Morgan fingerprint density at radius 1 is 0.792 bits per heavy atom. The van der Waals surface area contributed by atoms with E-state index in [9.17, 15) is 15.0 Å². The molecule has 0 heterocycles. The Morgan fingerprint density at radius 2 is 1.48 bits per heavy atom. The second-order valence-corrected chi connectivity index (χ2v) is 12.1. The highest BCUT2D eigenvalue weighted by Crippen LogP contribution is 2.27. The monoisotopic (exact) mass is 691 g/mol. The van der Waals surface area contributed by atoms with E-state index in [1.807, 2.05) is 66.7 Å². The molecule has 3 N–H and O–H groups in total. The lowest BCUT2D eigenvalue weighted by Crippen LogP contribution is -2.22. The second-order valence-electron chi connectivity index (χ2n) is 11.2. The number of rotatable bonds is 20. The SMILES string of the molecule is O=C(Oc1ccc([C@@H](O)CNCCCCCCOCCOCc2c(Cl)cccc2Cl)cc1CO)C(=Cc1ccccc1)c1ccccc1. The summed E-state index contributed by atoms with van der Waals surface area (Å²) < 4.78 is 17.1. The van der Waals surface area contributed by atoms with E-state index in [1.165, 1.54) is 0 Å². The molecule has 0 saturated carbocycles. The number of ether oxygens (including phenoxy) is 3. The minimum absolute atomic E-state index is 0.250. The van der Waals surface area contributed by atoms with Gasteiger partial charge in [-0.25, -0.2) is 4.79 Å². The minimum Gasteiger partial charge on any atom is -0.423 e. The van der Waals surface area contributed by atoms with Gasteiger partial charge in [0, 0.05) is 34.3 Å². The van der Waals surface area contributed by atoms with Crippen LogP contribution in [0.4, 0.5) is 0 Å². The summed E-state index contributed by atoms with van der Waals surface area (Å²) in [7, 11) is 0. The van der Waals surface area contributed by atoms with Crippen molar-refractivity contribution in [1.29, 1.82) is 0 Å². The van der Waals surface area contributed by atoms with Crippen molar-refractivity contribution in [3.8, 4) is 5.75 Å². The molecule has 0 amide bonds. The van der Waals surface area contributed by atoms with Crippen molar-refractivity contribution in [1.82, 2.24) is 5.32 Å². The fourth-order valence-corrected chi connectivity index (χ4v) is 5.51. The fourth-order valence-electron chi connectivity index (χ4n) is 5.01. The van der Waals surface area contributed by atoms with E-state index >= 15 is 0 Å². The van der Waals surface area contributed by atoms with Gasteiger partial charge in [0.25, 0.3) is 0 Å². The van der Waals surface area contributed by atoms with Gasteiger partial charge in [-0.1, -0.05) is 109 Å². The molecule has 4 aromatic rings. The fraction of sp³-hybridized carbons (Fsp3) is 0.308. The molecule has 1 atom stereocenters. The molecule has 7 nitrogen and oxygen atoms in total. The summed E-state index contributed by atoms with van der Waals surface area (Å²) in [4.78, 5) is 13.4. The number of hydrogen-bond donors (Lipinski definition) is 3. The largest absolute Gasteiger partial charge is 0.423 e. The summed E-state index contributed by atoms with van der Waals surface area (Å²) in [6, 6.07) is 29.3. The molecule has 254 valence electrons. The van der Waals surface area contributed by atoms with Gasteiger partial charge in [0.2, 0.25) is 0 Å². The molecule has 0 unspecified atom stereocenters. The summed E-state index contributed by atoms with van der Waals surface area (Å²) in [6.07, 6.45) is 5.05. The predicted octanol–water partition coefficient (Wildman–Crippen LogP) is 8.05. The smallest absolute Gasteiger partial charge is 0.344 e. The van der Waals surface area contributed by atoms with Crippen LogP contribution < -0.4 is 10.1 Å². The highest BCUT2D eigenvalue weighted by atomic mass is 35.5. The van der Waals surface area contributed by atoms with Gasteiger partial charge in [0.15, 0.2) is 0 Å². The van der Waals surface area contributed by atoms with Gasteiger partial charge in [0.1, 0.15) is 5.75 Å². The Morgan fingerprint density at radius 3 is 2.21 bits per heavy atom. The summed E-state index contributed by atoms with van der Waals surface area (Å²) in [6.45, 7) is 2.83. The summed E-state index contributed by atoms with van der Waals surface area (Å²) in [5.74, 6) is -0.287. The molecule has 9 heteroatoms. The van der Waals surface area contributed by atoms with Crippen LogP contribution in [0.15, 0.2) is 97.1 Å². The molecule has 0 saturated heterocycles. The molecule has 0 fully saturated rings. The van der Waals surface area contributed by atoms with Crippen molar-refractivity contribution in [3.05, 3.63) is 135 Å². The predicted molar refractivity (Wildman–Crippen MR) is 192 cm³/mol. The lowest BCUT2D eigenvalue weighted by molar-refractivity contribution is -0.127. The standard InChI is InChI=1S/C39H43Cl2NO6/c40-35-16-11-17-36(41)34(35)28-47-23-22-46-21-10-2-1-9-20-42-26-37(44)31-18-19-38(32(25-31)27-43)48-39(45)33(30-14-7-4-8-15-30)24-29-12-5-3-6-13-29/h3-8,11-19,24-25,37,42-44H,1-2,9-10,20-23,26-28H2/t37-/m0/s1. The normalized spacial score (nSPS) is 12.2. The topological polar surface area (TPSA) is 97.3 Å². The van der Waals surface area contributed by atoms with Gasteiger partial charge < -0.3 is 29.7 Å². The number of esters is 1. The van der Waals surface area contributed by atoms with E-state index in [-0.39, 0.29) is 12.4 Å². The van der Waals surface area contributed by atoms with E-state index in [0.717, 1.165) is 48.9 Å². The summed E-state index contributed by atoms with van der Waals surface area (Å²) in [5.41, 5.74) is 3.83. The second kappa shape index (κ2) is 20.8. The Bertz CT molecular complexity index is 1560. The first-order chi connectivity index (χ1) is 23.5. The van der Waals surface area contributed by atoms with Crippen LogP contribution in [0.2, 0.25) is 10.0 Å². The van der Waals surface area contributed by atoms with Crippen LogP contribution in [0.3, 0.4) is 0 Å². The molecule has 0 bridgehead atoms.